The minimum atomic E-state index is -4.63. The molecule has 0 aliphatic rings. The molecule has 3 aromatic carbocycles. The Morgan fingerprint density at radius 3 is 2.04 bits per heavy atom. The molecule has 136 valence electrons. The number of phenolic OH excluding ortho intramolecular Hbond substituents is 1. The van der Waals surface area contributed by atoms with Crippen molar-refractivity contribution in [2.24, 2.45) is 0 Å². The highest BCUT2D eigenvalue weighted by Crippen LogP contribution is 2.39. The fourth-order valence-corrected chi connectivity index (χ4v) is 4.04. The van der Waals surface area contributed by atoms with Gasteiger partial charge in [-0.15, -0.1) is 0 Å². The highest BCUT2D eigenvalue weighted by Gasteiger charge is 2.21. The number of hydrogen-bond donors (Lipinski definition) is 4. The van der Waals surface area contributed by atoms with E-state index in [0.29, 0.717) is 5.56 Å². The van der Waals surface area contributed by atoms with Crippen molar-refractivity contribution in [2.45, 2.75) is 9.79 Å². The van der Waals surface area contributed by atoms with Crippen LogP contribution in [0.5, 0.6) is 5.75 Å². The fourth-order valence-electron chi connectivity index (χ4n) is 2.68. The van der Waals surface area contributed by atoms with Crippen LogP contribution in [-0.4, -0.2) is 31.0 Å². The normalized spacial score (nSPS) is 12.4. The first-order valence-electron chi connectivity index (χ1n) is 7.10. The van der Waals surface area contributed by atoms with Crippen LogP contribution in [0, 0.1) is 0 Å². The minimum absolute atomic E-state index is 0.151. The van der Waals surface area contributed by atoms with Gasteiger partial charge in [0.25, 0.3) is 20.2 Å². The van der Waals surface area contributed by atoms with Crippen LogP contribution in [0.2, 0.25) is 0 Å². The second kappa shape index (κ2) is 5.95. The molecule has 5 N–H and O–H groups in total. The summed E-state index contributed by atoms with van der Waals surface area (Å²) in [7, 11) is -9.11. The van der Waals surface area contributed by atoms with Gasteiger partial charge in [-0.2, -0.15) is 16.8 Å². The Labute approximate surface area is 149 Å². The zero-order valence-electron chi connectivity index (χ0n) is 13.0. The number of aromatic hydroxyl groups is 1. The van der Waals surface area contributed by atoms with Crippen LogP contribution in [0.15, 0.2) is 58.3 Å². The Morgan fingerprint density at radius 2 is 1.42 bits per heavy atom. The zero-order valence-corrected chi connectivity index (χ0v) is 14.6. The van der Waals surface area contributed by atoms with Gasteiger partial charge in [0, 0.05) is 10.9 Å². The lowest BCUT2D eigenvalue weighted by Crippen LogP contribution is -2.04. The molecule has 3 rings (SSSR count). The molecular weight excluding hydrogens is 382 g/mol. The molecule has 0 aliphatic heterocycles. The van der Waals surface area contributed by atoms with E-state index in [0.717, 1.165) is 6.07 Å². The summed E-state index contributed by atoms with van der Waals surface area (Å²) < 4.78 is 64.4. The molecule has 0 radical (unpaired) electrons. The Hall–Kier alpha value is -2.66. The summed E-state index contributed by atoms with van der Waals surface area (Å²) >= 11 is 0. The first-order chi connectivity index (χ1) is 12.0. The third-order valence-electron chi connectivity index (χ3n) is 3.87. The van der Waals surface area contributed by atoms with Crippen LogP contribution in [0.25, 0.3) is 21.9 Å². The second-order valence-electron chi connectivity index (χ2n) is 5.52. The molecule has 0 fully saturated rings. The molecule has 0 unspecified atom stereocenters. The zero-order chi connectivity index (χ0) is 19.3. The SMILES string of the molecule is Nc1c(S(=O)(=O)O)cc2ccc(-c3ccccc3S(=O)(=O)O)cc2c1O. The summed E-state index contributed by atoms with van der Waals surface area (Å²) in [4.78, 5) is -0.949. The van der Waals surface area contributed by atoms with Crippen LogP contribution >= 0.6 is 0 Å². The van der Waals surface area contributed by atoms with Crippen molar-refractivity contribution in [1.29, 1.82) is 0 Å². The van der Waals surface area contributed by atoms with E-state index < -0.39 is 36.6 Å². The van der Waals surface area contributed by atoms with Gasteiger partial charge in [0.1, 0.15) is 15.5 Å². The van der Waals surface area contributed by atoms with E-state index in [-0.39, 0.29) is 21.2 Å². The van der Waals surface area contributed by atoms with E-state index in [4.69, 9.17) is 5.73 Å². The average Bonchev–Trinajstić information content (AvgIpc) is 2.56. The summed E-state index contributed by atoms with van der Waals surface area (Å²) in [6.45, 7) is 0. The molecule has 0 saturated heterocycles. The molecule has 0 bridgehead atoms. The molecule has 10 heteroatoms. The highest BCUT2D eigenvalue weighted by atomic mass is 32.2. The van der Waals surface area contributed by atoms with Gasteiger partial charge >= 0.3 is 0 Å². The Kier molecular flexibility index (Phi) is 4.15. The van der Waals surface area contributed by atoms with Crippen molar-refractivity contribution in [3.8, 4) is 16.9 Å². The smallest absolute Gasteiger partial charge is 0.296 e. The van der Waals surface area contributed by atoms with Gasteiger partial charge in [0.05, 0.1) is 5.69 Å². The highest BCUT2D eigenvalue weighted by molar-refractivity contribution is 7.86. The lowest BCUT2D eigenvalue weighted by atomic mass is 10.00. The number of fused-ring (bicyclic) bond motifs is 1. The third-order valence-corrected chi connectivity index (χ3v) is 5.67. The van der Waals surface area contributed by atoms with Crippen molar-refractivity contribution in [3.05, 3.63) is 48.5 Å². The van der Waals surface area contributed by atoms with E-state index in [1.165, 1.54) is 36.4 Å². The number of benzene rings is 3. The van der Waals surface area contributed by atoms with Gasteiger partial charge in [0.2, 0.25) is 0 Å². The van der Waals surface area contributed by atoms with Gasteiger partial charge < -0.3 is 10.8 Å². The van der Waals surface area contributed by atoms with Gasteiger partial charge in [-0.05, 0) is 29.1 Å². The molecule has 0 amide bonds. The van der Waals surface area contributed by atoms with Gasteiger partial charge in [-0.1, -0.05) is 30.3 Å². The monoisotopic (exact) mass is 395 g/mol. The lowest BCUT2D eigenvalue weighted by Gasteiger charge is -2.12. The van der Waals surface area contributed by atoms with Crippen molar-refractivity contribution in [2.75, 3.05) is 5.73 Å². The maximum absolute atomic E-state index is 11.6. The van der Waals surface area contributed by atoms with Crippen molar-refractivity contribution in [1.82, 2.24) is 0 Å². The van der Waals surface area contributed by atoms with Gasteiger partial charge in [-0.25, -0.2) is 0 Å². The Morgan fingerprint density at radius 1 is 0.808 bits per heavy atom. The molecule has 3 aromatic rings. The van der Waals surface area contributed by atoms with E-state index >= 15 is 0 Å². The van der Waals surface area contributed by atoms with Crippen molar-refractivity contribution in [3.63, 3.8) is 0 Å². The number of phenols is 1. The largest absolute Gasteiger partial charge is 0.505 e. The minimum Gasteiger partial charge on any atom is -0.505 e. The molecule has 0 heterocycles. The second-order valence-corrected chi connectivity index (χ2v) is 8.30. The van der Waals surface area contributed by atoms with Crippen LogP contribution in [-0.2, 0) is 20.2 Å². The topological polar surface area (TPSA) is 155 Å². The summed E-state index contributed by atoms with van der Waals surface area (Å²) in [5.74, 6) is -0.568. The number of nitrogens with two attached hydrogens (primary N) is 1. The lowest BCUT2D eigenvalue weighted by molar-refractivity contribution is 0.473. The molecular formula is C16H13NO7S2. The number of nitrogen functional groups attached to an aromatic ring is 1. The van der Waals surface area contributed by atoms with E-state index in [1.54, 1.807) is 6.07 Å². The standard InChI is InChI=1S/C16H13NO7S2/c17-15-14(26(22,23)24)8-10-6-5-9(7-12(10)16(15)18)11-3-1-2-4-13(11)25(19,20)21/h1-8,18H,17H2,(H,19,20,21)(H,22,23,24). The van der Waals surface area contributed by atoms with E-state index in [1.807, 2.05) is 0 Å². The predicted molar refractivity (Wildman–Crippen MR) is 95.1 cm³/mol. The molecule has 0 aromatic heterocycles. The summed E-state index contributed by atoms with van der Waals surface area (Å²) in [5, 5.41) is 10.6. The number of hydrogen-bond acceptors (Lipinski definition) is 6. The van der Waals surface area contributed by atoms with Crippen LogP contribution in [0.4, 0.5) is 5.69 Å². The molecule has 26 heavy (non-hydrogen) atoms. The predicted octanol–water partition coefficient (Wildman–Crippen LogP) is 2.29. The van der Waals surface area contributed by atoms with Gasteiger partial charge in [-0.3, -0.25) is 9.11 Å². The first-order valence-corrected chi connectivity index (χ1v) is 9.98. The van der Waals surface area contributed by atoms with Crippen LogP contribution < -0.4 is 5.73 Å². The molecule has 8 nitrogen and oxygen atoms in total. The molecule has 0 aliphatic carbocycles. The molecule has 0 spiro atoms. The van der Waals surface area contributed by atoms with Crippen LogP contribution in [0.1, 0.15) is 0 Å². The summed E-state index contributed by atoms with van der Waals surface area (Å²) in [6, 6.07) is 11.1. The molecule has 0 saturated carbocycles. The summed E-state index contributed by atoms with van der Waals surface area (Å²) in [6.07, 6.45) is 0. The number of rotatable bonds is 3. The maximum atomic E-state index is 11.6. The van der Waals surface area contributed by atoms with Crippen molar-refractivity contribution >= 4 is 36.7 Å². The van der Waals surface area contributed by atoms with Crippen LogP contribution in [0.3, 0.4) is 0 Å². The van der Waals surface area contributed by atoms with E-state index in [2.05, 4.69) is 0 Å². The maximum Gasteiger partial charge on any atom is 0.296 e. The Balaban J connectivity index is 2.33. The van der Waals surface area contributed by atoms with E-state index in [9.17, 15) is 31.0 Å². The van der Waals surface area contributed by atoms with Crippen molar-refractivity contribution < 1.29 is 31.0 Å². The first kappa shape index (κ1) is 18.1. The Bertz CT molecular complexity index is 1250. The number of anilines is 1. The van der Waals surface area contributed by atoms with Gasteiger partial charge in [0.15, 0.2) is 0 Å². The molecule has 0 atom stereocenters. The fraction of sp³-hybridized carbons (Fsp3) is 0. The quantitative estimate of drug-likeness (QED) is 0.299. The average molecular weight is 395 g/mol. The third kappa shape index (κ3) is 3.10. The summed E-state index contributed by atoms with van der Waals surface area (Å²) in [5.41, 5.74) is 5.61.